The molecule has 6 aromatic rings. The molecule has 0 amide bonds. The number of ether oxygens (including phenoxy) is 1. The smallest absolute Gasteiger partial charge is 0.137 e. The van der Waals surface area contributed by atoms with Gasteiger partial charge in [-0.1, -0.05) is 48.5 Å². The van der Waals surface area contributed by atoms with Gasteiger partial charge in [-0.15, -0.1) is 0 Å². The largest absolute Gasteiger partial charge is 0.457 e. The van der Waals surface area contributed by atoms with E-state index in [1.807, 2.05) is 42.6 Å². The molecule has 0 bridgehead atoms. The molecule has 0 saturated heterocycles. The summed E-state index contributed by atoms with van der Waals surface area (Å²) in [4.78, 5) is 4.63. The molecule has 5 nitrogen and oxygen atoms in total. The maximum absolute atomic E-state index is 6.41. The highest BCUT2D eigenvalue weighted by Crippen LogP contribution is 2.37. The third kappa shape index (κ3) is 3.28. The number of aromatic nitrogens is 2. The minimum atomic E-state index is 0.790. The van der Waals surface area contributed by atoms with Crippen LogP contribution in [0.25, 0.3) is 27.6 Å². The summed E-state index contributed by atoms with van der Waals surface area (Å²) in [5, 5.41) is 6.84. The zero-order valence-electron chi connectivity index (χ0n) is 19.9. The Morgan fingerprint density at radius 1 is 0.694 bits per heavy atom. The van der Waals surface area contributed by atoms with Gasteiger partial charge in [-0.3, -0.25) is 14.6 Å². The van der Waals surface area contributed by atoms with Crippen LogP contribution in [0.4, 0.5) is 11.4 Å². The molecule has 0 unspecified atom stereocenters. The number of para-hydroxylation sites is 2. The lowest BCUT2D eigenvalue weighted by Gasteiger charge is -2.28. The highest BCUT2D eigenvalue weighted by atomic mass is 16.5. The average Bonchev–Trinajstić information content (AvgIpc) is 3.44. The van der Waals surface area contributed by atoms with E-state index >= 15 is 0 Å². The number of hydrazine groups is 1. The molecule has 3 heterocycles. The quantitative estimate of drug-likeness (QED) is 0.271. The number of benzene rings is 4. The molecule has 36 heavy (non-hydrogen) atoms. The highest BCUT2D eigenvalue weighted by Gasteiger charge is 2.24. The standard InChI is InChI=1S/C31H24N4O/c1-33-28-13-4-2-9-22(28)21-34(33)23-10-8-11-24(19-23)36-25-16-17-27-26-12-3-5-14-29(26)35(30(27)20-25)31-15-6-7-18-32-31/h2-20H,21H2,1H3. The highest BCUT2D eigenvalue weighted by molar-refractivity contribution is 6.09. The van der Waals surface area contributed by atoms with Crippen LogP contribution in [-0.2, 0) is 6.54 Å². The number of hydrogen-bond acceptors (Lipinski definition) is 4. The molecule has 0 spiro atoms. The van der Waals surface area contributed by atoms with Crippen LogP contribution < -0.4 is 14.8 Å². The first kappa shape index (κ1) is 20.6. The van der Waals surface area contributed by atoms with Crippen molar-refractivity contribution < 1.29 is 4.74 Å². The second kappa shape index (κ2) is 8.17. The Balaban J connectivity index is 1.27. The normalized spacial score (nSPS) is 12.9. The number of pyridine rings is 1. The van der Waals surface area contributed by atoms with Gasteiger partial charge in [0.05, 0.1) is 29.0 Å². The molecule has 4 aromatic carbocycles. The van der Waals surface area contributed by atoms with E-state index in [9.17, 15) is 0 Å². The van der Waals surface area contributed by atoms with Crippen molar-refractivity contribution in [3.8, 4) is 17.3 Å². The Hall–Kier alpha value is -4.77. The lowest BCUT2D eigenvalue weighted by Crippen LogP contribution is -2.33. The minimum Gasteiger partial charge on any atom is -0.457 e. The molecule has 0 aliphatic carbocycles. The first-order chi connectivity index (χ1) is 17.8. The number of hydrogen-bond donors (Lipinski definition) is 0. The Bertz CT molecular complexity index is 1720. The molecule has 174 valence electrons. The van der Waals surface area contributed by atoms with E-state index in [0.29, 0.717) is 0 Å². The first-order valence-corrected chi connectivity index (χ1v) is 12.1. The monoisotopic (exact) mass is 468 g/mol. The summed E-state index contributed by atoms with van der Waals surface area (Å²) in [5.74, 6) is 2.48. The van der Waals surface area contributed by atoms with Crippen LogP contribution in [0.15, 0.2) is 115 Å². The van der Waals surface area contributed by atoms with Gasteiger partial charge >= 0.3 is 0 Å². The van der Waals surface area contributed by atoms with E-state index in [0.717, 1.165) is 40.6 Å². The molecule has 0 fully saturated rings. The van der Waals surface area contributed by atoms with Crippen molar-refractivity contribution >= 4 is 33.2 Å². The van der Waals surface area contributed by atoms with Gasteiger partial charge in [-0.25, -0.2) is 4.98 Å². The van der Waals surface area contributed by atoms with Crippen molar-refractivity contribution in [3.63, 3.8) is 0 Å². The Morgan fingerprint density at radius 2 is 1.50 bits per heavy atom. The van der Waals surface area contributed by atoms with E-state index in [2.05, 4.69) is 99.4 Å². The summed E-state index contributed by atoms with van der Waals surface area (Å²) < 4.78 is 8.61. The van der Waals surface area contributed by atoms with E-state index in [1.54, 1.807) is 0 Å². The summed E-state index contributed by atoms with van der Waals surface area (Å²) >= 11 is 0. The average molecular weight is 469 g/mol. The van der Waals surface area contributed by atoms with Gasteiger partial charge in [-0.2, -0.15) is 0 Å². The first-order valence-electron chi connectivity index (χ1n) is 12.1. The number of rotatable bonds is 4. The van der Waals surface area contributed by atoms with Crippen molar-refractivity contribution in [3.05, 3.63) is 121 Å². The van der Waals surface area contributed by atoms with Crippen LogP contribution in [-0.4, -0.2) is 16.6 Å². The van der Waals surface area contributed by atoms with E-state index in [4.69, 9.17) is 4.74 Å². The molecular weight excluding hydrogens is 444 g/mol. The lowest BCUT2D eigenvalue weighted by atomic mass is 10.1. The van der Waals surface area contributed by atoms with Crippen molar-refractivity contribution in [2.45, 2.75) is 6.54 Å². The van der Waals surface area contributed by atoms with Crippen molar-refractivity contribution in [2.24, 2.45) is 0 Å². The van der Waals surface area contributed by atoms with Gasteiger partial charge in [0.1, 0.15) is 17.3 Å². The molecule has 7 rings (SSSR count). The second-order valence-corrected chi connectivity index (χ2v) is 9.03. The molecule has 1 aliphatic heterocycles. The van der Waals surface area contributed by atoms with Crippen LogP contribution in [0.5, 0.6) is 11.5 Å². The van der Waals surface area contributed by atoms with Crippen molar-refractivity contribution in [1.82, 2.24) is 9.55 Å². The summed E-state index contributed by atoms with van der Waals surface area (Å²) in [6, 6.07) is 37.5. The third-order valence-corrected chi connectivity index (χ3v) is 6.90. The summed E-state index contributed by atoms with van der Waals surface area (Å²) in [6.45, 7) is 0.840. The van der Waals surface area contributed by atoms with E-state index in [1.165, 1.54) is 22.0 Å². The van der Waals surface area contributed by atoms with Gasteiger partial charge in [0.25, 0.3) is 0 Å². The van der Waals surface area contributed by atoms with Gasteiger partial charge in [0.2, 0.25) is 0 Å². The Labute approximate surface area is 209 Å². The third-order valence-electron chi connectivity index (χ3n) is 6.90. The van der Waals surface area contributed by atoms with Crippen molar-refractivity contribution in [2.75, 3.05) is 17.1 Å². The van der Waals surface area contributed by atoms with Crippen LogP contribution in [0.1, 0.15) is 5.56 Å². The van der Waals surface area contributed by atoms with Gasteiger partial charge in [-0.05, 0) is 54.1 Å². The Kier molecular flexibility index (Phi) is 4.67. The predicted molar refractivity (Wildman–Crippen MR) is 146 cm³/mol. The number of fused-ring (bicyclic) bond motifs is 4. The van der Waals surface area contributed by atoms with Crippen LogP contribution >= 0.6 is 0 Å². The van der Waals surface area contributed by atoms with E-state index in [-0.39, 0.29) is 0 Å². The molecular formula is C31H24N4O. The van der Waals surface area contributed by atoms with Gasteiger partial charge in [0.15, 0.2) is 0 Å². The summed E-state index contributed by atoms with van der Waals surface area (Å²) in [6.07, 6.45) is 1.83. The molecule has 5 heteroatoms. The molecule has 0 saturated carbocycles. The molecule has 1 aliphatic rings. The molecule has 0 atom stereocenters. The zero-order chi connectivity index (χ0) is 24.1. The van der Waals surface area contributed by atoms with Crippen LogP contribution in [0, 0.1) is 0 Å². The van der Waals surface area contributed by atoms with Crippen LogP contribution in [0.2, 0.25) is 0 Å². The Morgan fingerprint density at radius 3 is 2.39 bits per heavy atom. The topological polar surface area (TPSA) is 33.5 Å². The number of anilines is 2. The van der Waals surface area contributed by atoms with Gasteiger partial charge in [0, 0.05) is 36.1 Å². The molecule has 0 radical (unpaired) electrons. The zero-order valence-corrected chi connectivity index (χ0v) is 19.9. The molecule has 2 aromatic heterocycles. The summed E-state index contributed by atoms with van der Waals surface area (Å²) in [7, 11) is 2.10. The molecule has 0 N–H and O–H groups in total. The van der Waals surface area contributed by atoms with Gasteiger partial charge < -0.3 is 4.74 Å². The fourth-order valence-corrected chi connectivity index (χ4v) is 5.21. The summed E-state index contributed by atoms with van der Waals surface area (Å²) in [5.41, 5.74) is 5.84. The fourth-order valence-electron chi connectivity index (χ4n) is 5.21. The maximum Gasteiger partial charge on any atom is 0.137 e. The second-order valence-electron chi connectivity index (χ2n) is 9.03. The van der Waals surface area contributed by atoms with E-state index < -0.39 is 0 Å². The fraction of sp³-hybridized carbons (Fsp3) is 0.0645. The van der Waals surface area contributed by atoms with Crippen LogP contribution in [0.3, 0.4) is 0 Å². The lowest BCUT2D eigenvalue weighted by molar-refractivity contribution is 0.483. The predicted octanol–water partition coefficient (Wildman–Crippen LogP) is 7.34. The maximum atomic E-state index is 6.41. The SMILES string of the molecule is CN1c2ccccc2CN1c1cccc(Oc2ccc3c4ccccc4n(-c4ccccn4)c3c2)c1. The minimum absolute atomic E-state index is 0.790. The number of nitrogens with zero attached hydrogens (tertiary/aromatic N) is 4. The van der Waals surface area contributed by atoms with Crippen molar-refractivity contribution in [1.29, 1.82) is 0 Å².